The SMILES string of the molecule is C=CC(=O)O.CCOc1ccc2c(c1)C(C)=CC(C)(C)N2. The van der Waals surface area contributed by atoms with Crippen molar-refractivity contribution >= 4 is 17.2 Å². The molecule has 0 aliphatic carbocycles. The Bertz CT molecular complexity index is 559. The van der Waals surface area contributed by atoms with E-state index in [-0.39, 0.29) is 5.54 Å². The van der Waals surface area contributed by atoms with Crippen molar-refractivity contribution in [3.8, 4) is 5.75 Å². The number of anilines is 1. The third kappa shape index (κ3) is 4.99. The molecule has 0 bridgehead atoms. The van der Waals surface area contributed by atoms with E-state index < -0.39 is 5.97 Å². The lowest BCUT2D eigenvalue weighted by Gasteiger charge is -2.31. The molecule has 0 aromatic heterocycles. The highest BCUT2D eigenvalue weighted by Crippen LogP contribution is 2.35. The highest BCUT2D eigenvalue weighted by molar-refractivity contribution is 5.81. The summed E-state index contributed by atoms with van der Waals surface area (Å²) in [7, 11) is 0. The second-order valence-corrected chi connectivity index (χ2v) is 5.36. The lowest BCUT2D eigenvalue weighted by atomic mass is 9.91. The Morgan fingerprint density at radius 1 is 1.48 bits per heavy atom. The van der Waals surface area contributed by atoms with Crippen molar-refractivity contribution < 1.29 is 14.6 Å². The zero-order chi connectivity index (χ0) is 16.0. The number of hydrogen-bond donors (Lipinski definition) is 2. The molecule has 114 valence electrons. The first-order chi connectivity index (χ1) is 9.79. The van der Waals surface area contributed by atoms with Crippen LogP contribution in [0.3, 0.4) is 0 Å². The van der Waals surface area contributed by atoms with Gasteiger partial charge >= 0.3 is 5.97 Å². The molecular weight excluding hydrogens is 266 g/mol. The molecule has 4 heteroatoms. The van der Waals surface area contributed by atoms with Crippen LogP contribution in [0.2, 0.25) is 0 Å². The molecule has 2 rings (SSSR count). The number of benzene rings is 1. The Kier molecular flexibility index (Phi) is 5.59. The molecule has 0 saturated heterocycles. The molecule has 2 N–H and O–H groups in total. The summed E-state index contributed by atoms with van der Waals surface area (Å²) in [6.07, 6.45) is 3.09. The van der Waals surface area contributed by atoms with Gasteiger partial charge in [0.1, 0.15) is 5.75 Å². The van der Waals surface area contributed by atoms with E-state index >= 15 is 0 Å². The van der Waals surface area contributed by atoms with Gasteiger partial charge in [-0.1, -0.05) is 12.7 Å². The topological polar surface area (TPSA) is 58.6 Å². The van der Waals surface area contributed by atoms with E-state index in [1.165, 1.54) is 16.8 Å². The molecule has 1 aliphatic heterocycles. The van der Waals surface area contributed by atoms with Crippen molar-refractivity contribution in [3.05, 3.63) is 42.5 Å². The van der Waals surface area contributed by atoms with E-state index in [1.807, 2.05) is 13.0 Å². The molecule has 1 aromatic carbocycles. The molecule has 0 amide bonds. The van der Waals surface area contributed by atoms with Gasteiger partial charge in [-0.05, 0) is 51.5 Å². The fraction of sp³-hybridized carbons (Fsp3) is 0.353. The minimum Gasteiger partial charge on any atom is -0.494 e. The quantitative estimate of drug-likeness (QED) is 0.827. The molecule has 1 aromatic rings. The van der Waals surface area contributed by atoms with Crippen molar-refractivity contribution in [2.24, 2.45) is 0 Å². The van der Waals surface area contributed by atoms with Crippen LogP contribution in [0.5, 0.6) is 5.75 Å². The number of nitrogens with one attached hydrogen (secondary N) is 1. The van der Waals surface area contributed by atoms with E-state index in [4.69, 9.17) is 9.84 Å². The van der Waals surface area contributed by atoms with Gasteiger partial charge < -0.3 is 15.2 Å². The van der Waals surface area contributed by atoms with Crippen LogP contribution in [-0.2, 0) is 4.79 Å². The van der Waals surface area contributed by atoms with Gasteiger partial charge in [0.2, 0.25) is 0 Å². The second kappa shape index (κ2) is 6.97. The van der Waals surface area contributed by atoms with Gasteiger partial charge in [-0.3, -0.25) is 0 Å². The van der Waals surface area contributed by atoms with Crippen molar-refractivity contribution in [1.29, 1.82) is 0 Å². The van der Waals surface area contributed by atoms with Gasteiger partial charge in [-0.2, -0.15) is 0 Å². The molecule has 0 fully saturated rings. The first kappa shape index (κ1) is 16.8. The van der Waals surface area contributed by atoms with E-state index in [9.17, 15) is 4.79 Å². The Hall–Kier alpha value is -2.23. The van der Waals surface area contributed by atoms with Crippen LogP contribution in [0.4, 0.5) is 5.69 Å². The number of allylic oxidation sites excluding steroid dienone is 1. The van der Waals surface area contributed by atoms with Crippen LogP contribution in [0.1, 0.15) is 33.3 Å². The average molecular weight is 289 g/mol. The fourth-order valence-corrected chi connectivity index (χ4v) is 2.22. The van der Waals surface area contributed by atoms with Gasteiger partial charge in [-0.15, -0.1) is 0 Å². The Balaban J connectivity index is 0.000000383. The smallest absolute Gasteiger partial charge is 0.327 e. The molecule has 0 atom stereocenters. The zero-order valence-corrected chi connectivity index (χ0v) is 13.1. The number of fused-ring (bicyclic) bond motifs is 1. The third-order valence-corrected chi connectivity index (χ3v) is 2.94. The van der Waals surface area contributed by atoms with Crippen LogP contribution >= 0.6 is 0 Å². The van der Waals surface area contributed by atoms with Crippen molar-refractivity contribution in [3.63, 3.8) is 0 Å². The van der Waals surface area contributed by atoms with E-state index in [0.717, 1.165) is 11.8 Å². The largest absolute Gasteiger partial charge is 0.494 e. The van der Waals surface area contributed by atoms with Crippen molar-refractivity contribution in [2.45, 2.75) is 33.2 Å². The number of carbonyl (C=O) groups is 1. The summed E-state index contributed by atoms with van der Waals surface area (Å²) in [5, 5.41) is 11.1. The summed E-state index contributed by atoms with van der Waals surface area (Å²) in [6.45, 7) is 12.2. The van der Waals surface area contributed by atoms with Crippen LogP contribution < -0.4 is 10.1 Å². The monoisotopic (exact) mass is 289 g/mol. The number of ether oxygens (including phenoxy) is 1. The summed E-state index contributed by atoms with van der Waals surface area (Å²) in [6, 6.07) is 6.22. The van der Waals surface area contributed by atoms with Crippen LogP contribution in [0.15, 0.2) is 36.9 Å². The molecule has 0 radical (unpaired) electrons. The normalized spacial score (nSPS) is 14.6. The van der Waals surface area contributed by atoms with Crippen molar-refractivity contribution in [2.75, 3.05) is 11.9 Å². The number of carboxylic acids is 1. The number of carboxylic acid groups (broad SMARTS) is 1. The minimum atomic E-state index is -0.981. The first-order valence-electron chi connectivity index (χ1n) is 6.89. The van der Waals surface area contributed by atoms with Crippen LogP contribution in [0.25, 0.3) is 5.57 Å². The number of hydrogen-bond acceptors (Lipinski definition) is 3. The summed E-state index contributed by atoms with van der Waals surface area (Å²) in [4.78, 5) is 9.25. The summed E-state index contributed by atoms with van der Waals surface area (Å²) >= 11 is 0. The molecular formula is C17H23NO3. The maximum Gasteiger partial charge on any atom is 0.327 e. The predicted octanol–water partition coefficient (Wildman–Crippen LogP) is 3.95. The summed E-state index contributed by atoms with van der Waals surface area (Å²) in [5.74, 6) is -0.0412. The molecule has 4 nitrogen and oxygen atoms in total. The molecule has 1 aliphatic rings. The van der Waals surface area contributed by atoms with Gasteiger partial charge in [0, 0.05) is 17.3 Å². The van der Waals surface area contributed by atoms with Crippen LogP contribution in [-0.4, -0.2) is 23.2 Å². The highest BCUT2D eigenvalue weighted by atomic mass is 16.5. The van der Waals surface area contributed by atoms with E-state index in [1.54, 1.807) is 0 Å². The molecule has 0 spiro atoms. The van der Waals surface area contributed by atoms with Gasteiger partial charge in [0.15, 0.2) is 0 Å². The maximum atomic E-state index is 9.25. The van der Waals surface area contributed by atoms with Gasteiger partial charge in [0.25, 0.3) is 0 Å². The van der Waals surface area contributed by atoms with E-state index in [2.05, 4.69) is 50.9 Å². The van der Waals surface area contributed by atoms with Crippen LogP contribution in [0, 0.1) is 0 Å². The number of aliphatic carboxylic acids is 1. The summed E-state index contributed by atoms with van der Waals surface area (Å²) in [5.41, 5.74) is 3.77. The lowest BCUT2D eigenvalue weighted by molar-refractivity contribution is -0.131. The lowest BCUT2D eigenvalue weighted by Crippen LogP contribution is -2.31. The molecule has 0 saturated carbocycles. The predicted molar refractivity (Wildman–Crippen MR) is 86.8 cm³/mol. The Morgan fingerprint density at radius 3 is 2.62 bits per heavy atom. The maximum absolute atomic E-state index is 9.25. The molecule has 0 unspecified atom stereocenters. The number of rotatable bonds is 3. The zero-order valence-electron chi connectivity index (χ0n) is 13.1. The van der Waals surface area contributed by atoms with Gasteiger partial charge in [0.05, 0.1) is 12.1 Å². The molecule has 1 heterocycles. The van der Waals surface area contributed by atoms with Crippen molar-refractivity contribution in [1.82, 2.24) is 0 Å². The Morgan fingerprint density at radius 2 is 2.10 bits per heavy atom. The third-order valence-electron chi connectivity index (χ3n) is 2.94. The Labute approximate surface area is 126 Å². The standard InChI is InChI=1S/C14H19NO.C3H4O2/c1-5-16-11-6-7-13-12(8-11)10(2)9-14(3,4)15-13;1-2-3(4)5/h6-9,15H,5H2,1-4H3;2H,1H2,(H,4,5). The summed E-state index contributed by atoms with van der Waals surface area (Å²) < 4.78 is 5.52. The highest BCUT2D eigenvalue weighted by Gasteiger charge is 2.22. The molecule has 21 heavy (non-hydrogen) atoms. The minimum absolute atomic E-state index is 0.0320. The first-order valence-corrected chi connectivity index (χ1v) is 6.89. The fourth-order valence-electron chi connectivity index (χ4n) is 2.22. The average Bonchev–Trinajstić information content (AvgIpc) is 2.39. The van der Waals surface area contributed by atoms with Gasteiger partial charge in [-0.25, -0.2) is 4.79 Å². The van der Waals surface area contributed by atoms with E-state index in [0.29, 0.717) is 6.61 Å². The second-order valence-electron chi connectivity index (χ2n) is 5.36.